The first-order chi connectivity index (χ1) is 14.9. The molecule has 0 bridgehead atoms. The maximum atomic E-state index is 10.9. The summed E-state index contributed by atoms with van der Waals surface area (Å²) in [5.41, 5.74) is 5.07. The summed E-state index contributed by atoms with van der Waals surface area (Å²) in [6.45, 7) is 7.07. The average Bonchev–Trinajstić information content (AvgIpc) is 2.73. The van der Waals surface area contributed by atoms with Crippen LogP contribution in [0.1, 0.15) is 156 Å². The Labute approximate surface area is 195 Å². The fourth-order valence-corrected chi connectivity index (χ4v) is 4.93. The van der Waals surface area contributed by atoms with Crippen LogP contribution in [0.2, 0.25) is 0 Å². The summed E-state index contributed by atoms with van der Waals surface area (Å²) in [7, 11) is -3.82. The third-order valence-corrected chi connectivity index (χ3v) is 7.72. The predicted molar refractivity (Wildman–Crippen MR) is 139 cm³/mol. The third kappa shape index (κ3) is 28.1. The van der Waals surface area contributed by atoms with Crippen LogP contribution < -0.4 is 5.73 Å². The zero-order valence-electron chi connectivity index (χ0n) is 21.5. The van der Waals surface area contributed by atoms with E-state index in [1.54, 1.807) is 0 Å². The van der Waals surface area contributed by atoms with Crippen LogP contribution in [0.5, 0.6) is 0 Å². The van der Waals surface area contributed by atoms with Gasteiger partial charge in [-0.15, -0.1) is 0 Å². The summed E-state index contributed by atoms with van der Waals surface area (Å²) < 4.78 is 10.9. The molecule has 0 aromatic heterocycles. The molecule has 190 valence electrons. The molecule has 0 spiro atoms. The van der Waals surface area contributed by atoms with Gasteiger partial charge in [-0.2, -0.15) is 0 Å². The Morgan fingerprint density at radius 1 is 0.581 bits per heavy atom. The molecule has 0 rings (SSSR count). The van der Waals surface area contributed by atoms with Crippen LogP contribution in [0.3, 0.4) is 0 Å². The zero-order chi connectivity index (χ0) is 23.6. The lowest BCUT2D eigenvalue weighted by Gasteiger charge is -2.15. The van der Waals surface area contributed by atoms with E-state index in [-0.39, 0.29) is 0 Å². The molecule has 0 amide bonds. The molecule has 0 saturated heterocycles. The van der Waals surface area contributed by atoms with Gasteiger partial charge in [-0.1, -0.05) is 136 Å². The van der Waals surface area contributed by atoms with Crippen molar-refractivity contribution < 1.29 is 14.4 Å². The SMILES string of the molecule is CCCCCC(CC)P(=O)(O)O.CCCCCCCCCCCCCCCCCCN. The molecule has 0 aromatic carbocycles. The Bertz CT molecular complexity index is 358. The summed E-state index contributed by atoms with van der Waals surface area (Å²) in [6, 6.07) is 0. The molecule has 1 unspecified atom stereocenters. The van der Waals surface area contributed by atoms with Crippen molar-refractivity contribution in [2.45, 2.75) is 161 Å². The molecule has 0 aliphatic carbocycles. The van der Waals surface area contributed by atoms with Crippen LogP contribution in [-0.2, 0) is 4.57 Å². The van der Waals surface area contributed by atoms with E-state index in [1.165, 1.54) is 103 Å². The summed E-state index contributed by atoms with van der Waals surface area (Å²) in [5.74, 6) is 0. The van der Waals surface area contributed by atoms with Gasteiger partial charge in [-0.3, -0.25) is 4.57 Å². The van der Waals surface area contributed by atoms with Crippen LogP contribution in [-0.4, -0.2) is 22.0 Å². The summed E-state index contributed by atoms with van der Waals surface area (Å²) in [6.07, 6.45) is 27.2. The molecule has 4 N–H and O–H groups in total. The maximum Gasteiger partial charge on any atom is 0.328 e. The molecule has 0 heterocycles. The van der Waals surface area contributed by atoms with Crippen LogP contribution in [0.4, 0.5) is 0 Å². The maximum absolute atomic E-state index is 10.9. The minimum absolute atomic E-state index is 0.413. The third-order valence-electron chi connectivity index (χ3n) is 6.15. The topological polar surface area (TPSA) is 83.5 Å². The number of unbranched alkanes of at least 4 members (excludes halogenated alkanes) is 17. The van der Waals surface area contributed by atoms with Gasteiger partial charge in [0.1, 0.15) is 0 Å². The summed E-state index contributed by atoms with van der Waals surface area (Å²) in [5, 5.41) is 0. The van der Waals surface area contributed by atoms with Crippen molar-refractivity contribution in [1.29, 1.82) is 0 Å². The van der Waals surface area contributed by atoms with E-state index < -0.39 is 13.3 Å². The predicted octanol–water partition coefficient (Wildman–Crippen LogP) is 8.73. The standard InChI is InChI=1S/C18H39N.C8H19O3P/c1-2-3-4-5-6-7-8-9-10-11-12-13-14-15-16-17-18-19;1-3-5-6-7-8(4-2)12(9,10)11/h2-19H2,1H3;8H,3-7H2,1-2H3,(H2,9,10,11). The largest absolute Gasteiger partial charge is 0.330 e. The van der Waals surface area contributed by atoms with Crippen molar-refractivity contribution >= 4 is 7.60 Å². The van der Waals surface area contributed by atoms with Crippen molar-refractivity contribution in [1.82, 2.24) is 0 Å². The summed E-state index contributed by atoms with van der Waals surface area (Å²) >= 11 is 0. The Morgan fingerprint density at radius 2 is 0.903 bits per heavy atom. The highest BCUT2D eigenvalue weighted by Gasteiger charge is 2.25. The first-order valence-corrected chi connectivity index (χ1v) is 15.4. The number of nitrogens with two attached hydrogens (primary N) is 1. The lowest BCUT2D eigenvalue weighted by molar-refractivity contribution is 0.350. The van der Waals surface area contributed by atoms with Crippen molar-refractivity contribution in [3.05, 3.63) is 0 Å². The molecule has 1 atom stereocenters. The van der Waals surface area contributed by atoms with Crippen molar-refractivity contribution in [2.24, 2.45) is 5.73 Å². The van der Waals surface area contributed by atoms with Crippen LogP contribution >= 0.6 is 7.60 Å². The molecule has 0 aliphatic rings. The van der Waals surface area contributed by atoms with Crippen LogP contribution in [0.25, 0.3) is 0 Å². The molecule has 0 radical (unpaired) electrons. The Kier molecular flexibility index (Phi) is 28.3. The smallest absolute Gasteiger partial charge is 0.328 e. The molecule has 0 aliphatic heterocycles. The normalized spacial score (nSPS) is 12.5. The molecule has 31 heavy (non-hydrogen) atoms. The minimum Gasteiger partial charge on any atom is -0.330 e. The number of hydrogen-bond donors (Lipinski definition) is 3. The van der Waals surface area contributed by atoms with Gasteiger partial charge in [0, 0.05) is 0 Å². The second-order valence-electron chi connectivity index (χ2n) is 9.24. The van der Waals surface area contributed by atoms with Gasteiger partial charge in [0.25, 0.3) is 0 Å². The molecule has 0 fully saturated rings. The highest BCUT2D eigenvalue weighted by molar-refractivity contribution is 7.52. The molecule has 0 aromatic rings. The van der Waals surface area contributed by atoms with Gasteiger partial charge in [0.05, 0.1) is 5.66 Å². The Balaban J connectivity index is 0. The lowest BCUT2D eigenvalue weighted by Crippen LogP contribution is -2.06. The molecule has 0 saturated carbocycles. The lowest BCUT2D eigenvalue weighted by atomic mass is 10.0. The van der Waals surface area contributed by atoms with E-state index >= 15 is 0 Å². The van der Waals surface area contributed by atoms with Gasteiger partial charge in [0.15, 0.2) is 0 Å². The van der Waals surface area contributed by atoms with Crippen molar-refractivity contribution in [3.8, 4) is 0 Å². The highest BCUT2D eigenvalue weighted by Crippen LogP contribution is 2.45. The van der Waals surface area contributed by atoms with Gasteiger partial charge in [-0.05, 0) is 25.8 Å². The minimum atomic E-state index is -3.82. The molecule has 4 nitrogen and oxygen atoms in total. The first kappa shape index (κ1) is 33.3. The quantitative estimate of drug-likeness (QED) is 0.111. The van der Waals surface area contributed by atoms with Gasteiger partial charge in [0.2, 0.25) is 0 Å². The van der Waals surface area contributed by atoms with E-state index in [2.05, 4.69) is 13.8 Å². The Morgan fingerprint density at radius 3 is 1.19 bits per heavy atom. The van der Waals surface area contributed by atoms with E-state index in [0.29, 0.717) is 12.8 Å². The van der Waals surface area contributed by atoms with Crippen molar-refractivity contribution in [2.75, 3.05) is 6.54 Å². The zero-order valence-corrected chi connectivity index (χ0v) is 22.4. The van der Waals surface area contributed by atoms with E-state index in [9.17, 15) is 4.57 Å². The number of hydrogen-bond acceptors (Lipinski definition) is 2. The van der Waals surface area contributed by atoms with Crippen LogP contribution in [0, 0.1) is 0 Å². The fraction of sp³-hybridized carbons (Fsp3) is 1.00. The van der Waals surface area contributed by atoms with E-state index in [4.69, 9.17) is 15.5 Å². The molecule has 5 heteroatoms. The van der Waals surface area contributed by atoms with E-state index in [0.717, 1.165) is 25.8 Å². The second-order valence-corrected chi connectivity index (χ2v) is 11.1. The summed E-state index contributed by atoms with van der Waals surface area (Å²) in [4.78, 5) is 17.8. The van der Waals surface area contributed by atoms with Gasteiger partial charge < -0.3 is 15.5 Å². The molecular formula is C26H58NO3P. The molecular weight excluding hydrogens is 405 g/mol. The second kappa shape index (κ2) is 26.4. The average molecular weight is 464 g/mol. The van der Waals surface area contributed by atoms with Gasteiger partial charge >= 0.3 is 7.60 Å². The van der Waals surface area contributed by atoms with Crippen molar-refractivity contribution in [3.63, 3.8) is 0 Å². The fourth-order valence-electron chi connectivity index (χ4n) is 3.93. The van der Waals surface area contributed by atoms with Crippen LogP contribution in [0.15, 0.2) is 0 Å². The van der Waals surface area contributed by atoms with E-state index in [1.807, 2.05) is 6.92 Å². The Hall–Kier alpha value is 0.110. The first-order valence-electron chi connectivity index (χ1n) is 13.7. The number of rotatable bonds is 22. The highest BCUT2D eigenvalue weighted by atomic mass is 31.2. The monoisotopic (exact) mass is 463 g/mol. The van der Waals surface area contributed by atoms with Gasteiger partial charge in [-0.25, -0.2) is 0 Å².